The van der Waals surface area contributed by atoms with Gasteiger partial charge in [0.25, 0.3) is 0 Å². The van der Waals surface area contributed by atoms with Crippen molar-refractivity contribution in [3.8, 4) is 0 Å². The Morgan fingerprint density at radius 1 is 1.17 bits per heavy atom. The standard InChI is InChI=1S/C18H16Cl2O4/c19-12-18(14-6-8-15(20)9-7-14)23-11-16(24-18)10-22-17(21)13-4-2-1-3-5-13/h1-9,16H,10-12H2. The van der Waals surface area contributed by atoms with Crippen LogP contribution in [0, 0.1) is 0 Å². The minimum atomic E-state index is -1.05. The number of ether oxygens (including phenoxy) is 3. The molecule has 1 heterocycles. The maximum atomic E-state index is 12.0. The van der Waals surface area contributed by atoms with E-state index in [4.69, 9.17) is 37.4 Å². The van der Waals surface area contributed by atoms with E-state index in [9.17, 15) is 4.79 Å². The van der Waals surface area contributed by atoms with Crippen molar-refractivity contribution in [2.24, 2.45) is 0 Å². The summed E-state index contributed by atoms with van der Waals surface area (Å²) in [6, 6.07) is 15.9. The van der Waals surface area contributed by atoms with Gasteiger partial charge in [0.05, 0.1) is 18.1 Å². The molecule has 0 bridgehead atoms. The third kappa shape index (κ3) is 3.73. The molecule has 4 nitrogen and oxygen atoms in total. The number of rotatable bonds is 5. The van der Waals surface area contributed by atoms with Gasteiger partial charge >= 0.3 is 5.97 Å². The van der Waals surface area contributed by atoms with Crippen molar-refractivity contribution in [1.82, 2.24) is 0 Å². The fourth-order valence-corrected chi connectivity index (χ4v) is 2.90. The van der Waals surface area contributed by atoms with Crippen molar-refractivity contribution in [3.63, 3.8) is 0 Å². The molecule has 0 aliphatic carbocycles. The maximum Gasteiger partial charge on any atom is 0.338 e. The summed E-state index contributed by atoms with van der Waals surface area (Å²) in [5.41, 5.74) is 1.27. The molecule has 2 aromatic rings. The van der Waals surface area contributed by atoms with Crippen molar-refractivity contribution in [1.29, 1.82) is 0 Å². The molecule has 0 radical (unpaired) electrons. The van der Waals surface area contributed by atoms with Crippen molar-refractivity contribution in [2.75, 3.05) is 19.1 Å². The molecule has 1 aliphatic heterocycles. The lowest BCUT2D eigenvalue weighted by molar-refractivity contribution is -0.162. The largest absolute Gasteiger partial charge is 0.459 e. The van der Waals surface area contributed by atoms with Crippen LogP contribution in [0.15, 0.2) is 54.6 Å². The lowest BCUT2D eigenvalue weighted by atomic mass is 10.1. The van der Waals surface area contributed by atoms with Crippen molar-refractivity contribution in [2.45, 2.75) is 11.9 Å². The lowest BCUT2D eigenvalue weighted by Gasteiger charge is -2.26. The number of alkyl halides is 1. The second-order valence-corrected chi connectivity index (χ2v) is 6.11. The Balaban J connectivity index is 1.62. The van der Waals surface area contributed by atoms with Gasteiger partial charge in [-0.05, 0) is 24.3 Å². The molecule has 1 fully saturated rings. The predicted octanol–water partition coefficient (Wildman–Crippen LogP) is 4.00. The Labute approximate surface area is 150 Å². The number of hydrogen-bond donors (Lipinski definition) is 0. The molecule has 0 amide bonds. The Hall–Kier alpha value is -1.59. The van der Waals surface area contributed by atoms with Gasteiger partial charge in [0.15, 0.2) is 0 Å². The first-order chi connectivity index (χ1) is 11.6. The fourth-order valence-electron chi connectivity index (χ4n) is 2.48. The topological polar surface area (TPSA) is 44.8 Å². The first kappa shape index (κ1) is 17.2. The summed E-state index contributed by atoms with van der Waals surface area (Å²) in [5.74, 6) is -1.32. The van der Waals surface area contributed by atoms with Crippen LogP contribution in [-0.4, -0.2) is 31.2 Å². The van der Waals surface area contributed by atoms with E-state index in [2.05, 4.69) is 0 Å². The van der Waals surface area contributed by atoms with E-state index in [-0.39, 0.29) is 25.2 Å². The molecule has 3 rings (SSSR count). The van der Waals surface area contributed by atoms with Crippen LogP contribution in [0.1, 0.15) is 15.9 Å². The van der Waals surface area contributed by atoms with Crippen LogP contribution in [0.3, 0.4) is 0 Å². The summed E-state index contributed by atoms with van der Waals surface area (Å²) in [4.78, 5) is 12.0. The average molecular weight is 367 g/mol. The molecule has 0 N–H and O–H groups in total. The van der Waals surface area contributed by atoms with Gasteiger partial charge in [0, 0.05) is 10.6 Å². The van der Waals surface area contributed by atoms with Gasteiger partial charge in [-0.25, -0.2) is 4.79 Å². The van der Waals surface area contributed by atoms with E-state index in [0.717, 1.165) is 5.56 Å². The van der Waals surface area contributed by atoms with Crippen LogP contribution >= 0.6 is 23.2 Å². The normalized spacial score (nSPS) is 23.2. The second-order valence-electron chi connectivity index (χ2n) is 5.41. The monoisotopic (exact) mass is 366 g/mol. The molecule has 126 valence electrons. The van der Waals surface area contributed by atoms with Gasteiger partial charge < -0.3 is 14.2 Å². The smallest absolute Gasteiger partial charge is 0.338 e. The fraction of sp³-hybridized carbons (Fsp3) is 0.278. The molecular weight excluding hydrogens is 351 g/mol. The van der Waals surface area contributed by atoms with Gasteiger partial charge in [-0.2, -0.15) is 0 Å². The summed E-state index contributed by atoms with van der Waals surface area (Å²) in [5, 5.41) is 0.620. The molecule has 1 aliphatic rings. The number of benzene rings is 2. The molecule has 2 unspecified atom stereocenters. The Morgan fingerprint density at radius 2 is 1.88 bits per heavy atom. The number of esters is 1. The quantitative estimate of drug-likeness (QED) is 0.592. The SMILES string of the molecule is O=C(OCC1COC(CCl)(c2ccc(Cl)cc2)O1)c1ccccc1. The van der Waals surface area contributed by atoms with Crippen LogP contribution in [-0.2, 0) is 20.0 Å². The maximum absolute atomic E-state index is 12.0. The van der Waals surface area contributed by atoms with E-state index in [0.29, 0.717) is 10.6 Å². The first-order valence-corrected chi connectivity index (χ1v) is 8.40. The van der Waals surface area contributed by atoms with Gasteiger partial charge in [0.2, 0.25) is 5.79 Å². The van der Waals surface area contributed by atoms with Gasteiger partial charge in [-0.3, -0.25) is 0 Å². The molecular formula is C18H16Cl2O4. The molecule has 2 atom stereocenters. The molecule has 0 saturated carbocycles. The third-order valence-electron chi connectivity index (χ3n) is 3.73. The highest BCUT2D eigenvalue weighted by Gasteiger charge is 2.43. The van der Waals surface area contributed by atoms with E-state index in [1.165, 1.54) is 0 Å². The summed E-state index contributed by atoms with van der Waals surface area (Å²) in [6.07, 6.45) is -0.382. The lowest BCUT2D eigenvalue weighted by Crippen LogP contribution is -2.31. The highest BCUT2D eigenvalue weighted by atomic mass is 35.5. The van der Waals surface area contributed by atoms with Crippen LogP contribution in [0.25, 0.3) is 0 Å². The highest BCUT2D eigenvalue weighted by molar-refractivity contribution is 6.30. The minimum absolute atomic E-state index is 0.0972. The van der Waals surface area contributed by atoms with Crippen LogP contribution < -0.4 is 0 Å². The van der Waals surface area contributed by atoms with Crippen LogP contribution in [0.4, 0.5) is 0 Å². The van der Waals surface area contributed by atoms with E-state index >= 15 is 0 Å². The zero-order chi connectivity index (χ0) is 17.0. The summed E-state index contributed by atoms with van der Waals surface area (Å²) >= 11 is 12.0. The second kappa shape index (κ2) is 7.53. The van der Waals surface area contributed by atoms with Gasteiger partial charge in [-0.15, -0.1) is 11.6 Å². The van der Waals surface area contributed by atoms with E-state index < -0.39 is 11.8 Å². The third-order valence-corrected chi connectivity index (χ3v) is 4.33. The van der Waals surface area contributed by atoms with Crippen molar-refractivity contribution in [3.05, 3.63) is 70.7 Å². The average Bonchev–Trinajstić information content (AvgIpc) is 3.06. The Bertz CT molecular complexity index is 690. The number of hydrogen-bond acceptors (Lipinski definition) is 4. The van der Waals surface area contributed by atoms with Crippen molar-refractivity contribution >= 4 is 29.2 Å². The first-order valence-electron chi connectivity index (χ1n) is 7.49. The zero-order valence-corrected chi connectivity index (χ0v) is 14.3. The summed E-state index contributed by atoms with van der Waals surface area (Å²) in [6.45, 7) is 0.386. The van der Waals surface area contributed by atoms with E-state index in [1.807, 2.05) is 18.2 Å². The minimum Gasteiger partial charge on any atom is -0.459 e. The Kier molecular flexibility index (Phi) is 5.41. The van der Waals surface area contributed by atoms with Gasteiger partial charge in [-0.1, -0.05) is 41.9 Å². The summed E-state index contributed by atoms with van der Waals surface area (Å²) in [7, 11) is 0. The molecule has 6 heteroatoms. The van der Waals surface area contributed by atoms with Crippen molar-refractivity contribution < 1.29 is 19.0 Å². The number of halogens is 2. The molecule has 0 aromatic heterocycles. The molecule has 1 saturated heterocycles. The highest BCUT2D eigenvalue weighted by Crippen LogP contribution is 2.36. The predicted molar refractivity (Wildman–Crippen MR) is 91.4 cm³/mol. The van der Waals surface area contributed by atoms with Crippen LogP contribution in [0.5, 0.6) is 0 Å². The summed E-state index contributed by atoms with van der Waals surface area (Å²) < 4.78 is 17.0. The molecule has 24 heavy (non-hydrogen) atoms. The molecule has 2 aromatic carbocycles. The Morgan fingerprint density at radius 3 is 2.54 bits per heavy atom. The van der Waals surface area contributed by atoms with Gasteiger partial charge in [0.1, 0.15) is 12.7 Å². The zero-order valence-electron chi connectivity index (χ0n) is 12.8. The van der Waals surface area contributed by atoms with Crippen LogP contribution in [0.2, 0.25) is 5.02 Å². The number of carbonyl (C=O) groups excluding carboxylic acids is 1. The molecule has 0 spiro atoms. The van der Waals surface area contributed by atoms with E-state index in [1.54, 1.807) is 36.4 Å². The number of carbonyl (C=O) groups is 1.